The lowest BCUT2D eigenvalue weighted by atomic mass is 9.95. The number of para-hydroxylation sites is 1. The van der Waals surface area contributed by atoms with E-state index in [0.717, 1.165) is 16.6 Å². The summed E-state index contributed by atoms with van der Waals surface area (Å²) in [4.78, 5) is 0. The summed E-state index contributed by atoms with van der Waals surface area (Å²) in [6.07, 6.45) is 10.5. The number of unbranched alkanes of at least 4 members (excludes halogenated alkanes) is 5. The molecular formula is C27H39N2+. The predicted octanol–water partition coefficient (Wildman–Crippen LogP) is 6.89. The van der Waals surface area contributed by atoms with Crippen LogP contribution in [0, 0.1) is 0 Å². The number of allylic oxidation sites excluding steroid dienone is 2. The fraction of sp³-hybridized carbons (Fsp3) is 0.407. The van der Waals surface area contributed by atoms with E-state index in [1.54, 1.807) is 0 Å². The summed E-state index contributed by atoms with van der Waals surface area (Å²) in [5.74, 6) is 0. The third kappa shape index (κ3) is 6.16. The van der Waals surface area contributed by atoms with Gasteiger partial charge in [-0.1, -0.05) is 81.7 Å². The van der Waals surface area contributed by atoms with Crippen LogP contribution in [0.15, 0.2) is 67.4 Å². The monoisotopic (exact) mass is 391 g/mol. The molecule has 2 aromatic carbocycles. The van der Waals surface area contributed by atoms with Crippen LogP contribution in [0.5, 0.6) is 0 Å². The molecule has 3 rings (SSSR count). The highest BCUT2D eigenvalue weighted by Crippen LogP contribution is 2.44. The highest BCUT2D eigenvalue weighted by Gasteiger charge is 2.35. The lowest BCUT2D eigenvalue weighted by Gasteiger charge is -2.27. The van der Waals surface area contributed by atoms with Crippen molar-refractivity contribution >= 4 is 16.8 Å². The van der Waals surface area contributed by atoms with Crippen LogP contribution in [0.2, 0.25) is 0 Å². The van der Waals surface area contributed by atoms with Crippen molar-refractivity contribution in [2.75, 3.05) is 27.7 Å². The number of nitrogens with one attached hydrogen (secondary N) is 1. The van der Waals surface area contributed by atoms with Gasteiger partial charge in [0.15, 0.2) is 0 Å². The molecule has 1 aliphatic heterocycles. The van der Waals surface area contributed by atoms with E-state index in [-0.39, 0.29) is 0 Å². The Morgan fingerprint density at radius 3 is 2.14 bits per heavy atom. The fourth-order valence-corrected chi connectivity index (χ4v) is 4.01. The summed E-state index contributed by atoms with van der Waals surface area (Å²) in [5.41, 5.74) is 6.38. The van der Waals surface area contributed by atoms with Gasteiger partial charge in [0.05, 0.1) is 13.6 Å². The van der Waals surface area contributed by atoms with Gasteiger partial charge in [0.2, 0.25) is 0 Å². The van der Waals surface area contributed by atoms with Crippen molar-refractivity contribution in [3.8, 4) is 0 Å². The molecule has 2 aromatic rings. The molecule has 1 aliphatic rings. The molecule has 1 atom stereocenters. The summed E-state index contributed by atoms with van der Waals surface area (Å²) in [5, 5.41) is 2.75. The van der Waals surface area contributed by atoms with Crippen LogP contribution in [0.25, 0.3) is 11.1 Å². The lowest BCUT2D eigenvalue weighted by molar-refractivity contribution is 0.426. The molecule has 0 aliphatic carbocycles. The van der Waals surface area contributed by atoms with Gasteiger partial charge in [0.1, 0.15) is 11.9 Å². The Balaban J connectivity index is 0.000000941. The molecule has 156 valence electrons. The molecule has 29 heavy (non-hydrogen) atoms. The van der Waals surface area contributed by atoms with Crippen LogP contribution < -0.4 is 9.80 Å². The summed E-state index contributed by atoms with van der Waals surface area (Å²) in [6.45, 7) is 7.86. The minimum atomic E-state index is 0.894. The smallest absolute Gasteiger partial charge is 0.145 e. The number of rotatable bonds is 9. The Morgan fingerprint density at radius 1 is 0.862 bits per heavy atom. The highest BCUT2D eigenvalue weighted by molar-refractivity contribution is 6.08. The molecule has 1 N–H and O–H groups in total. The number of nitrogens with zero attached hydrogens (tertiary/aromatic N) is 1. The first-order chi connectivity index (χ1) is 14.1. The average Bonchev–Trinajstić information content (AvgIpc) is 3.05. The standard InChI is InChI=1S/C25H32N.C2H7N/c1-4-5-6-7-8-14-19-26(3)20-24(23-17-12-13-18-25(23)26)21(2)22-15-10-9-11-16-22;1-3-2/h9-13,15-18,20H,2,4-8,14,19H2,1,3H3;3H,1-2H3/q+1;. The Kier molecular flexibility index (Phi) is 9.37. The van der Waals surface area contributed by atoms with Crippen molar-refractivity contribution in [3.63, 3.8) is 0 Å². The third-order valence-electron chi connectivity index (χ3n) is 5.58. The van der Waals surface area contributed by atoms with E-state index < -0.39 is 0 Å². The van der Waals surface area contributed by atoms with Gasteiger partial charge >= 0.3 is 0 Å². The maximum absolute atomic E-state index is 4.42. The van der Waals surface area contributed by atoms with Crippen LogP contribution in [-0.4, -0.2) is 27.7 Å². The van der Waals surface area contributed by atoms with Gasteiger partial charge in [-0.2, -0.15) is 0 Å². The molecule has 0 saturated heterocycles. The zero-order chi connectivity index (χ0) is 21.1. The SMILES string of the molecule is C=C(C1=C[N+](C)(CCCCCCCC)c2ccccc21)c1ccccc1.CNC. The molecule has 2 heteroatoms. The van der Waals surface area contributed by atoms with Crippen LogP contribution in [0.3, 0.4) is 0 Å². The number of quaternary nitrogens is 1. The average molecular weight is 392 g/mol. The van der Waals surface area contributed by atoms with Crippen molar-refractivity contribution in [2.45, 2.75) is 45.4 Å². The lowest BCUT2D eigenvalue weighted by Crippen LogP contribution is -2.38. The molecule has 0 aromatic heterocycles. The summed E-state index contributed by atoms with van der Waals surface area (Å²) < 4.78 is 0.894. The molecule has 1 unspecified atom stereocenters. The summed E-state index contributed by atoms with van der Waals surface area (Å²) >= 11 is 0. The van der Waals surface area contributed by atoms with E-state index in [1.165, 1.54) is 60.9 Å². The molecule has 0 radical (unpaired) electrons. The van der Waals surface area contributed by atoms with Crippen molar-refractivity contribution in [1.82, 2.24) is 9.80 Å². The molecule has 1 heterocycles. The van der Waals surface area contributed by atoms with E-state index >= 15 is 0 Å². The first kappa shape index (κ1) is 23.1. The summed E-state index contributed by atoms with van der Waals surface area (Å²) in [7, 11) is 6.09. The number of hydrogen-bond acceptors (Lipinski definition) is 1. The zero-order valence-corrected chi connectivity index (χ0v) is 18.9. The van der Waals surface area contributed by atoms with Crippen LogP contribution in [-0.2, 0) is 0 Å². The molecule has 0 spiro atoms. The van der Waals surface area contributed by atoms with E-state index in [2.05, 4.69) is 86.7 Å². The van der Waals surface area contributed by atoms with Crippen LogP contribution >= 0.6 is 0 Å². The normalized spacial score (nSPS) is 17.2. The van der Waals surface area contributed by atoms with Gasteiger partial charge in [0.25, 0.3) is 0 Å². The molecule has 0 fully saturated rings. The van der Waals surface area contributed by atoms with Crippen molar-refractivity contribution in [3.05, 3.63) is 78.5 Å². The van der Waals surface area contributed by atoms with Crippen molar-refractivity contribution in [1.29, 1.82) is 0 Å². The van der Waals surface area contributed by atoms with E-state index in [1.807, 2.05) is 14.1 Å². The second-order valence-corrected chi connectivity index (χ2v) is 8.16. The molecule has 2 nitrogen and oxygen atoms in total. The largest absolute Gasteiger partial charge is 0.323 e. The van der Waals surface area contributed by atoms with Gasteiger partial charge in [0, 0.05) is 17.2 Å². The third-order valence-corrected chi connectivity index (χ3v) is 5.58. The molecule has 0 saturated carbocycles. The molecular weight excluding hydrogens is 352 g/mol. The van der Waals surface area contributed by atoms with Crippen LogP contribution in [0.4, 0.5) is 5.69 Å². The van der Waals surface area contributed by atoms with E-state index in [0.29, 0.717) is 0 Å². The predicted molar refractivity (Wildman–Crippen MR) is 131 cm³/mol. The Labute approximate surface area is 178 Å². The first-order valence-electron chi connectivity index (χ1n) is 11.1. The van der Waals surface area contributed by atoms with E-state index in [9.17, 15) is 0 Å². The topological polar surface area (TPSA) is 12.0 Å². The number of benzene rings is 2. The quantitative estimate of drug-likeness (QED) is 0.362. The Morgan fingerprint density at radius 2 is 1.45 bits per heavy atom. The van der Waals surface area contributed by atoms with Crippen molar-refractivity contribution < 1.29 is 0 Å². The summed E-state index contributed by atoms with van der Waals surface area (Å²) in [6, 6.07) is 19.4. The van der Waals surface area contributed by atoms with Crippen LogP contribution in [0.1, 0.15) is 56.6 Å². The Hall–Kier alpha value is -2.16. The van der Waals surface area contributed by atoms with Gasteiger partial charge in [-0.05, 0) is 44.1 Å². The minimum absolute atomic E-state index is 0.894. The van der Waals surface area contributed by atoms with Gasteiger partial charge in [-0.15, -0.1) is 0 Å². The number of fused-ring (bicyclic) bond motifs is 1. The first-order valence-corrected chi connectivity index (χ1v) is 11.1. The zero-order valence-electron chi connectivity index (χ0n) is 18.9. The second-order valence-electron chi connectivity index (χ2n) is 8.16. The maximum Gasteiger partial charge on any atom is 0.145 e. The van der Waals surface area contributed by atoms with Gasteiger partial charge < -0.3 is 5.32 Å². The second kappa shape index (κ2) is 11.7. The van der Waals surface area contributed by atoms with Gasteiger partial charge in [-0.3, -0.25) is 4.48 Å². The van der Waals surface area contributed by atoms with Crippen molar-refractivity contribution in [2.24, 2.45) is 0 Å². The number of hydrogen-bond donors (Lipinski definition) is 1. The Bertz CT molecular complexity index is 791. The van der Waals surface area contributed by atoms with Gasteiger partial charge in [-0.25, -0.2) is 0 Å². The molecule has 0 amide bonds. The molecule has 0 bridgehead atoms. The van der Waals surface area contributed by atoms with E-state index in [4.69, 9.17) is 0 Å². The maximum atomic E-state index is 4.42. The minimum Gasteiger partial charge on any atom is -0.323 e. The highest BCUT2D eigenvalue weighted by atomic mass is 15.3. The fourth-order valence-electron chi connectivity index (χ4n) is 4.01.